The molecular formula is C12H18ClN3O2. The second kappa shape index (κ2) is 5.71. The third-order valence-corrected chi connectivity index (χ3v) is 3.42. The van der Waals surface area contributed by atoms with Crippen molar-refractivity contribution in [3.05, 3.63) is 17.5 Å². The molecule has 6 heteroatoms. The fourth-order valence-electron chi connectivity index (χ4n) is 2.18. The predicted molar refractivity (Wildman–Crippen MR) is 69.1 cm³/mol. The number of hydrogen-bond acceptors (Lipinski definition) is 4. The van der Waals surface area contributed by atoms with Crippen LogP contribution >= 0.6 is 12.4 Å². The van der Waals surface area contributed by atoms with E-state index in [9.17, 15) is 4.79 Å². The largest absolute Gasteiger partial charge is 0.360 e. The van der Waals surface area contributed by atoms with Gasteiger partial charge in [-0.2, -0.15) is 0 Å². The number of nitrogens with zero attached hydrogens (tertiary/aromatic N) is 1. The standard InChI is InChI=1S/C12H17N3O2.ClH/c16-12(14-9-3-5-13-6-4-9)10-7-11(17-15-10)8-1-2-8;/h7-9,13H,1-6H2,(H,14,16);1H. The summed E-state index contributed by atoms with van der Waals surface area (Å²) in [7, 11) is 0. The Morgan fingerprint density at radius 3 is 2.72 bits per heavy atom. The van der Waals surface area contributed by atoms with E-state index in [1.165, 1.54) is 0 Å². The smallest absolute Gasteiger partial charge is 0.273 e. The van der Waals surface area contributed by atoms with Crippen molar-refractivity contribution in [2.45, 2.75) is 37.6 Å². The number of rotatable bonds is 3. The maximum Gasteiger partial charge on any atom is 0.273 e. The fourth-order valence-corrected chi connectivity index (χ4v) is 2.18. The van der Waals surface area contributed by atoms with Crippen LogP contribution in [0.4, 0.5) is 0 Å². The van der Waals surface area contributed by atoms with Gasteiger partial charge in [0.25, 0.3) is 5.91 Å². The predicted octanol–water partition coefficient (Wildman–Crippen LogP) is 1.46. The van der Waals surface area contributed by atoms with E-state index in [0.29, 0.717) is 11.6 Å². The lowest BCUT2D eigenvalue weighted by molar-refractivity contribution is 0.0920. The molecule has 18 heavy (non-hydrogen) atoms. The molecule has 1 aromatic heterocycles. The van der Waals surface area contributed by atoms with Gasteiger partial charge in [-0.1, -0.05) is 5.16 Å². The Bertz CT molecular complexity index is 411. The van der Waals surface area contributed by atoms with E-state index >= 15 is 0 Å². The van der Waals surface area contributed by atoms with Crippen molar-refractivity contribution in [3.8, 4) is 0 Å². The SMILES string of the molecule is Cl.O=C(NC1CCNCC1)c1cc(C2CC2)on1. The molecule has 0 unspecified atom stereocenters. The fraction of sp³-hybridized carbons (Fsp3) is 0.667. The second-order valence-electron chi connectivity index (χ2n) is 4.89. The van der Waals surface area contributed by atoms with Crippen LogP contribution < -0.4 is 10.6 Å². The van der Waals surface area contributed by atoms with E-state index < -0.39 is 0 Å². The maximum atomic E-state index is 11.9. The van der Waals surface area contributed by atoms with Gasteiger partial charge in [-0.3, -0.25) is 4.79 Å². The topological polar surface area (TPSA) is 67.2 Å². The van der Waals surface area contributed by atoms with Gasteiger partial charge in [0.15, 0.2) is 5.69 Å². The first-order chi connectivity index (χ1) is 8.33. The van der Waals surface area contributed by atoms with E-state index in [-0.39, 0.29) is 24.4 Å². The Labute approximate surface area is 112 Å². The maximum absolute atomic E-state index is 11.9. The molecule has 2 heterocycles. The van der Waals surface area contributed by atoms with E-state index in [2.05, 4.69) is 15.8 Å². The van der Waals surface area contributed by atoms with Crippen molar-refractivity contribution >= 4 is 18.3 Å². The molecule has 1 aliphatic carbocycles. The van der Waals surface area contributed by atoms with Gasteiger partial charge in [-0.05, 0) is 38.8 Å². The molecule has 100 valence electrons. The molecule has 0 radical (unpaired) electrons. The zero-order valence-electron chi connectivity index (χ0n) is 10.1. The zero-order valence-corrected chi connectivity index (χ0v) is 11.0. The Morgan fingerprint density at radius 2 is 2.06 bits per heavy atom. The summed E-state index contributed by atoms with van der Waals surface area (Å²) in [4.78, 5) is 11.9. The van der Waals surface area contributed by atoms with Crippen molar-refractivity contribution in [2.24, 2.45) is 0 Å². The highest BCUT2D eigenvalue weighted by Crippen LogP contribution is 2.40. The summed E-state index contributed by atoms with van der Waals surface area (Å²) in [5.41, 5.74) is 0.422. The van der Waals surface area contributed by atoms with Crippen LogP contribution in [0.5, 0.6) is 0 Å². The Hall–Kier alpha value is -1.07. The van der Waals surface area contributed by atoms with Crippen molar-refractivity contribution in [2.75, 3.05) is 13.1 Å². The van der Waals surface area contributed by atoms with Crippen LogP contribution in [0.15, 0.2) is 10.6 Å². The van der Waals surface area contributed by atoms with Gasteiger partial charge in [-0.15, -0.1) is 12.4 Å². The molecule has 0 aromatic carbocycles. The average molecular weight is 272 g/mol. The summed E-state index contributed by atoms with van der Waals surface area (Å²) in [5, 5.41) is 10.1. The molecule has 2 fully saturated rings. The molecule has 0 spiro atoms. The molecule has 5 nitrogen and oxygen atoms in total. The van der Waals surface area contributed by atoms with Gasteiger partial charge in [0.05, 0.1) is 0 Å². The van der Waals surface area contributed by atoms with Gasteiger partial charge in [0, 0.05) is 18.0 Å². The molecule has 2 N–H and O–H groups in total. The third-order valence-electron chi connectivity index (χ3n) is 3.42. The molecule has 1 amide bonds. The zero-order chi connectivity index (χ0) is 11.7. The van der Waals surface area contributed by atoms with Crippen LogP contribution in [-0.2, 0) is 0 Å². The summed E-state index contributed by atoms with van der Waals surface area (Å²) in [6.45, 7) is 1.94. The number of nitrogens with one attached hydrogen (secondary N) is 2. The van der Waals surface area contributed by atoms with Gasteiger partial charge < -0.3 is 15.2 Å². The van der Waals surface area contributed by atoms with Crippen LogP contribution in [0.1, 0.15) is 47.8 Å². The molecule has 1 aliphatic heterocycles. The number of amides is 1. The van der Waals surface area contributed by atoms with Crippen LogP contribution in [0.25, 0.3) is 0 Å². The molecular weight excluding hydrogens is 254 g/mol. The molecule has 3 rings (SSSR count). The summed E-state index contributed by atoms with van der Waals surface area (Å²) >= 11 is 0. The highest BCUT2D eigenvalue weighted by molar-refractivity contribution is 5.92. The van der Waals surface area contributed by atoms with Gasteiger partial charge >= 0.3 is 0 Å². The minimum absolute atomic E-state index is 0. The lowest BCUT2D eigenvalue weighted by atomic mass is 10.1. The second-order valence-corrected chi connectivity index (χ2v) is 4.89. The van der Waals surface area contributed by atoms with Gasteiger partial charge in [0.2, 0.25) is 0 Å². The van der Waals surface area contributed by atoms with Crippen molar-refractivity contribution in [3.63, 3.8) is 0 Å². The first-order valence-corrected chi connectivity index (χ1v) is 6.31. The van der Waals surface area contributed by atoms with Gasteiger partial charge in [-0.25, -0.2) is 0 Å². The van der Waals surface area contributed by atoms with E-state index in [4.69, 9.17) is 4.52 Å². The van der Waals surface area contributed by atoms with Crippen LogP contribution in [-0.4, -0.2) is 30.2 Å². The van der Waals surface area contributed by atoms with Crippen molar-refractivity contribution < 1.29 is 9.32 Å². The summed E-state index contributed by atoms with van der Waals surface area (Å²) in [5.74, 6) is 1.26. The van der Waals surface area contributed by atoms with Gasteiger partial charge in [0.1, 0.15) is 5.76 Å². The van der Waals surface area contributed by atoms with Crippen LogP contribution in [0.3, 0.4) is 0 Å². The van der Waals surface area contributed by atoms with Crippen LogP contribution in [0.2, 0.25) is 0 Å². The number of hydrogen-bond donors (Lipinski definition) is 2. The first kappa shape index (κ1) is 13.4. The molecule has 0 bridgehead atoms. The minimum Gasteiger partial charge on any atom is -0.360 e. The molecule has 1 saturated heterocycles. The van der Waals surface area contributed by atoms with Crippen molar-refractivity contribution in [1.82, 2.24) is 15.8 Å². The minimum atomic E-state index is -0.104. The van der Waals surface area contributed by atoms with E-state index in [1.807, 2.05) is 0 Å². The third kappa shape index (κ3) is 3.03. The Kier molecular flexibility index (Phi) is 4.24. The van der Waals surface area contributed by atoms with Crippen LogP contribution in [0, 0.1) is 0 Å². The molecule has 1 aromatic rings. The monoisotopic (exact) mass is 271 g/mol. The summed E-state index contributed by atoms with van der Waals surface area (Å²) in [6, 6.07) is 2.05. The number of aromatic nitrogens is 1. The van der Waals surface area contributed by atoms with E-state index in [1.54, 1.807) is 6.07 Å². The number of carbonyl (C=O) groups excluding carboxylic acids is 1. The number of halogens is 1. The lowest BCUT2D eigenvalue weighted by Gasteiger charge is -2.23. The highest BCUT2D eigenvalue weighted by Gasteiger charge is 2.29. The number of piperidine rings is 1. The quantitative estimate of drug-likeness (QED) is 0.873. The highest BCUT2D eigenvalue weighted by atomic mass is 35.5. The number of carbonyl (C=O) groups is 1. The molecule has 0 atom stereocenters. The molecule has 2 aliphatic rings. The lowest BCUT2D eigenvalue weighted by Crippen LogP contribution is -2.42. The first-order valence-electron chi connectivity index (χ1n) is 6.31. The normalized spacial score (nSPS) is 20.2. The van der Waals surface area contributed by atoms with Crippen molar-refractivity contribution in [1.29, 1.82) is 0 Å². The Balaban J connectivity index is 0.00000120. The van der Waals surface area contributed by atoms with E-state index in [0.717, 1.165) is 44.5 Å². The summed E-state index contributed by atoms with van der Waals surface area (Å²) < 4.78 is 5.18. The molecule has 1 saturated carbocycles. The summed E-state index contributed by atoms with van der Waals surface area (Å²) in [6.07, 6.45) is 4.28. The Morgan fingerprint density at radius 1 is 1.33 bits per heavy atom. The average Bonchev–Trinajstić information content (AvgIpc) is 3.08.